The topological polar surface area (TPSA) is 43.1 Å². The summed E-state index contributed by atoms with van der Waals surface area (Å²) >= 11 is 12.3. The lowest BCUT2D eigenvalue weighted by molar-refractivity contribution is -0.137. The summed E-state index contributed by atoms with van der Waals surface area (Å²) in [5, 5.41) is 5.11. The molecule has 0 saturated carbocycles. The molecular weight excluding hydrogens is 440 g/mol. The lowest BCUT2D eigenvalue weighted by Crippen LogP contribution is -2.26. The van der Waals surface area contributed by atoms with Crippen molar-refractivity contribution in [1.82, 2.24) is 19.2 Å². The van der Waals surface area contributed by atoms with E-state index < -0.39 is 17.4 Å². The largest absolute Gasteiger partial charge is 0.416 e. The Balaban J connectivity index is 2.12. The number of alkyl halides is 3. The van der Waals surface area contributed by atoms with Crippen molar-refractivity contribution < 1.29 is 13.2 Å². The van der Waals surface area contributed by atoms with Gasteiger partial charge in [0.05, 0.1) is 16.3 Å². The molecular formula is C20H19Cl2F3N4O. The summed E-state index contributed by atoms with van der Waals surface area (Å²) < 4.78 is 41.3. The average molecular weight is 459 g/mol. The molecule has 1 aromatic heterocycles. The Bertz CT molecular complexity index is 1090. The van der Waals surface area contributed by atoms with Crippen LogP contribution in [0.15, 0.2) is 47.3 Å². The minimum absolute atomic E-state index is 0.228. The van der Waals surface area contributed by atoms with Gasteiger partial charge in [-0.1, -0.05) is 23.2 Å². The summed E-state index contributed by atoms with van der Waals surface area (Å²) in [6, 6.07) is 9.08. The highest BCUT2D eigenvalue weighted by Gasteiger charge is 2.30. The van der Waals surface area contributed by atoms with Crippen LogP contribution in [0.5, 0.6) is 0 Å². The highest BCUT2D eigenvalue weighted by Crippen LogP contribution is 2.32. The molecule has 30 heavy (non-hydrogen) atoms. The zero-order chi connectivity index (χ0) is 22.1. The molecule has 0 atom stereocenters. The molecule has 2 aromatic carbocycles. The molecule has 0 unspecified atom stereocenters. The van der Waals surface area contributed by atoms with Crippen molar-refractivity contribution in [2.24, 2.45) is 0 Å². The van der Waals surface area contributed by atoms with E-state index in [0.717, 1.165) is 18.7 Å². The summed E-state index contributed by atoms with van der Waals surface area (Å²) in [5.74, 6) is 0.228. The molecule has 1 heterocycles. The van der Waals surface area contributed by atoms with Gasteiger partial charge in [-0.25, -0.2) is 14.0 Å². The quantitative estimate of drug-likeness (QED) is 0.523. The number of halogens is 5. The van der Waals surface area contributed by atoms with Gasteiger partial charge < -0.3 is 4.90 Å². The van der Waals surface area contributed by atoms with Crippen LogP contribution in [-0.2, 0) is 12.7 Å². The van der Waals surface area contributed by atoms with Crippen molar-refractivity contribution in [1.29, 1.82) is 0 Å². The third-order valence-electron chi connectivity index (χ3n) is 4.44. The van der Waals surface area contributed by atoms with Gasteiger partial charge in [-0.15, -0.1) is 5.10 Å². The van der Waals surface area contributed by atoms with E-state index in [4.69, 9.17) is 23.2 Å². The highest BCUT2D eigenvalue weighted by atomic mass is 35.5. The summed E-state index contributed by atoms with van der Waals surface area (Å²) in [6.07, 6.45) is -3.80. The monoisotopic (exact) mass is 458 g/mol. The lowest BCUT2D eigenvalue weighted by Gasteiger charge is -2.10. The van der Waals surface area contributed by atoms with Crippen molar-refractivity contribution in [3.63, 3.8) is 0 Å². The minimum atomic E-state index is -4.47. The predicted octanol–water partition coefficient (Wildman–Crippen LogP) is 4.98. The Labute approximate surface area is 181 Å². The Morgan fingerprint density at radius 1 is 1.07 bits per heavy atom. The number of aryl methyl sites for hydroxylation is 1. The van der Waals surface area contributed by atoms with E-state index in [1.807, 2.05) is 19.0 Å². The van der Waals surface area contributed by atoms with Crippen molar-refractivity contribution >= 4 is 23.2 Å². The van der Waals surface area contributed by atoms with Crippen LogP contribution in [0.2, 0.25) is 10.0 Å². The van der Waals surface area contributed by atoms with E-state index in [1.165, 1.54) is 27.4 Å². The van der Waals surface area contributed by atoms with Gasteiger partial charge in [0, 0.05) is 17.1 Å². The summed E-state index contributed by atoms with van der Waals surface area (Å²) in [5.41, 5.74) is -0.560. The van der Waals surface area contributed by atoms with E-state index in [2.05, 4.69) is 5.10 Å². The zero-order valence-corrected chi connectivity index (χ0v) is 17.8. The van der Waals surface area contributed by atoms with Gasteiger partial charge >= 0.3 is 11.9 Å². The molecule has 160 valence electrons. The van der Waals surface area contributed by atoms with Gasteiger partial charge in [-0.2, -0.15) is 13.2 Å². The third kappa shape index (κ3) is 4.88. The van der Waals surface area contributed by atoms with E-state index in [1.54, 1.807) is 12.1 Å². The Morgan fingerprint density at radius 2 is 1.73 bits per heavy atom. The molecule has 0 N–H and O–H groups in total. The zero-order valence-electron chi connectivity index (χ0n) is 16.2. The Kier molecular flexibility index (Phi) is 6.59. The van der Waals surface area contributed by atoms with Crippen LogP contribution >= 0.6 is 23.2 Å². The molecule has 0 amide bonds. The first kappa shape index (κ1) is 22.4. The summed E-state index contributed by atoms with van der Waals surface area (Å²) in [4.78, 5) is 15.0. The van der Waals surface area contributed by atoms with Gasteiger partial charge in [0.25, 0.3) is 0 Å². The molecule has 0 aliphatic carbocycles. The van der Waals surface area contributed by atoms with Gasteiger partial charge in [-0.3, -0.25) is 0 Å². The molecule has 3 aromatic rings. The van der Waals surface area contributed by atoms with Crippen LogP contribution in [0.1, 0.15) is 12.0 Å². The standard InChI is InChI=1S/C20H19Cl2F3N4O/c1-27(2)10-3-11-28-19(30)29(15-7-4-13(5-8-15)20(23,24)25)18(26-28)16-9-6-14(21)12-17(16)22/h4-9,12H,3,10-11H2,1-2H3. The third-order valence-corrected chi connectivity index (χ3v) is 4.99. The second kappa shape index (κ2) is 8.83. The summed E-state index contributed by atoms with van der Waals surface area (Å²) in [6.45, 7) is 1.10. The van der Waals surface area contributed by atoms with Crippen molar-refractivity contribution in [3.8, 4) is 17.1 Å². The van der Waals surface area contributed by atoms with Crippen LogP contribution < -0.4 is 5.69 Å². The Hall–Kier alpha value is -2.29. The molecule has 5 nitrogen and oxygen atoms in total. The molecule has 0 bridgehead atoms. The first-order valence-corrected chi connectivity index (χ1v) is 9.81. The van der Waals surface area contributed by atoms with Crippen LogP contribution in [-0.4, -0.2) is 39.9 Å². The summed E-state index contributed by atoms with van der Waals surface area (Å²) in [7, 11) is 3.84. The van der Waals surface area contributed by atoms with Gasteiger partial charge in [-0.05, 0) is 69.5 Å². The number of aromatic nitrogens is 3. The van der Waals surface area contributed by atoms with Gasteiger partial charge in [0.2, 0.25) is 0 Å². The van der Waals surface area contributed by atoms with Crippen LogP contribution in [0.4, 0.5) is 13.2 Å². The van der Waals surface area contributed by atoms with Crippen molar-refractivity contribution in [2.75, 3.05) is 20.6 Å². The molecule has 0 aliphatic rings. The first-order valence-electron chi connectivity index (χ1n) is 9.05. The molecule has 3 rings (SSSR count). The fourth-order valence-electron chi connectivity index (χ4n) is 2.97. The van der Waals surface area contributed by atoms with Gasteiger partial charge in [0.15, 0.2) is 5.82 Å². The number of hydrogen-bond acceptors (Lipinski definition) is 3. The maximum Gasteiger partial charge on any atom is 0.416 e. The maximum absolute atomic E-state index is 13.1. The van der Waals surface area contributed by atoms with E-state index in [0.29, 0.717) is 23.6 Å². The smallest absolute Gasteiger partial charge is 0.309 e. The normalized spacial score (nSPS) is 12.0. The van der Waals surface area contributed by atoms with Crippen LogP contribution in [0.25, 0.3) is 17.1 Å². The number of rotatable bonds is 6. The number of hydrogen-bond donors (Lipinski definition) is 0. The van der Waals surface area contributed by atoms with Gasteiger partial charge in [0.1, 0.15) is 0 Å². The molecule has 0 aliphatic heterocycles. The second-order valence-corrected chi connectivity index (χ2v) is 7.83. The van der Waals surface area contributed by atoms with E-state index >= 15 is 0 Å². The van der Waals surface area contributed by atoms with E-state index in [-0.39, 0.29) is 16.5 Å². The maximum atomic E-state index is 13.1. The van der Waals surface area contributed by atoms with Crippen LogP contribution in [0, 0.1) is 0 Å². The molecule has 0 fully saturated rings. The second-order valence-electron chi connectivity index (χ2n) is 6.99. The molecule has 0 radical (unpaired) electrons. The molecule has 0 saturated heterocycles. The fourth-order valence-corrected chi connectivity index (χ4v) is 3.46. The predicted molar refractivity (Wildman–Crippen MR) is 111 cm³/mol. The number of benzene rings is 2. The highest BCUT2D eigenvalue weighted by molar-refractivity contribution is 6.36. The minimum Gasteiger partial charge on any atom is -0.309 e. The van der Waals surface area contributed by atoms with Crippen LogP contribution in [0.3, 0.4) is 0 Å². The lowest BCUT2D eigenvalue weighted by atomic mass is 10.1. The van der Waals surface area contributed by atoms with Crippen molar-refractivity contribution in [2.45, 2.75) is 19.1 Å². The fraction of sp³-hybridized carbons (Fsp3) is 0.300. The van der Waals surface area contributed by atoms with E-state index in [9.17, 15) is 18.0 Å². The Morgan fingerprint density at radius 3 is 2.30 bits per heavy atom. The SMILES string of the molecule is CN(C)CCCn1nc(-c2ccc(Cl)cc2Cl)n(-c2ccc(C(F)(F)F)cc2)c1=O. The average Bonchev–Trinajstić information content (AvgIpc) is 2.97. The van der Waals surface area contributed by atoms with Crippen molar-refractivity contribution in [3.05, 3.63) is 68.6 Å². The molecule has 0 spiro atoms. The number of nitrogens with zero attached hydrogens (tertiary/aromatic N) is 4. The molecule has 10 heteroatoms. The first-order chi connectivity index (χ1) is 14.1.